The molecule has 2 unspecified atom stereocenters. The van der Waals surface area contributed by atoms with Gasteiger partial charge < -0.3 is 5.32 Å². The molecule has 2 rings (SSSR count). The number of nitriles is 1. The molecule has 0 spiro atoms. The highest BCUT2D eigenvalue weighted by Crippen LogP contribution is 2.26. The first kappa shape index (κ1) is 15.0. The molecule has 0 aromatic heterocycles. The number of rotatable bonds is 5. The predicted molar refractivity (Wildman–Crippen MR) is 82.5 cm³/mol. The fourth-order valence-electron chi connectivity index (χ4n) is 3.13. The van der Waals surface area contributed by atoms with Gasteiger partial charge in [0.25, 0.3) is 0 Å². The molecule has 0 bridgehead atoms. The topological polar surface area (TPSA) is 39.1 Å². The summed E-state index contributed by atoms with van der Waals surface area (Å²) >= 11 is 0. The van der Waals surface area contributed by atoms with Crippen LogP contribution in [0.4, 0.5) is 0 Å². The van der Waals surface area contributed by atoms with Crippen LogP contribution in [0.3, 0.4) is 0 Å². The fourth-order valence-corrected chi connectivity index (χ4v) is 3.13. The van der Waals surface area contributed by atoms with Gasteiger partial charge in [-0.1, -0.05) is 19.1 Å². The van der Waals surface area contributed by atoms with E-state index < -0.39 is 0 Å². The van der Waals surface area contributed by atoms with Gasteiger partial charge in [0.2, 0.25) is 0 Å². The van der Waals surface area contributed by atoms with Crippen LogP contribution in [0.25, 0.3) is 0 Å². The molecule has 1 aromatic carbocycles. The van der Waals surface area contributed by atoms with Crippen LogP contribution in [0.1, 0.15) is 50.3 Å². The van der Waals surface area contributed by atoms with E-state index in [9.17, 15) is 0 Å². The lowest BCUT2D eigenvalue weighted by molar-refractivity contribution is 0.120. The van der Waals surface area contributed by atoms with Crippen molar-refractivity contribution in [1.82, 2.24) is 10.2 Å². The van der Waals surface area contributed by atoms with E-state index in [-0.39, 0.29) is 0 Å². The van der Waals surface area contributed by atoms with Crippen molar-refractivity contribution in [2.45, 2.75) is 45.2 Å². The first-order chi connectivity index (χ1) is 9.76. The maximum Gasteiger partial charge on any atom is 0.0991 e. The van der Waals surface area contributed by atoms with Gasteiger partial charge in [0.1, 0.15) is 0 Å². The lowest BCUT2D eigenvalue weighted by atomic mass is 9.99. The van der Waals surface area contributed by atoms with Gasteiger partial charge in [-0.2, -0.15) is 5.26 Å². The number of hydrogen-bond acceptors (Lipinski definition) is 3. The first-order valence-electron chi connectivity index (χ1n) is 7.72. The Hall–Kier alpha value is -1.37. The van der Waals surface area contributed by atoms with Crippen LogP contribution in [0.2, 0.25) is 0 Å². The van der Waals surface area contributed by atoms with Crippen molar-refractivity contribution in [3.05, 3.63) is 35.4 Å². The summed E-state index contributed by atoms with van der Waals surface area (Å²) in [5.41, 5.74) is 2.01. The Kier molecular flexibility index (Phi) is 5.58. The van der Waals surface area contributed by atoms with Gasteiger partial charge in [-0.05, 0) is 57.0 Å². The highest BCUT2D eigenvalue weighted by Gasteiger charge is 2.25. The van der Waals surface area contributed by atoms with E-state index in [1.165, 1.54) is 24.8 Å². The smallest absolute Gasteiger partial charge is 0.0991 e. The van der Waals surface area contributed by atoms with E-state index in [0.717, 1.165) is 25.2 Å². The molecule has 108 valence electrons. The Balaban J connectivity index is 2.16. The molecule has 1 aliphatic heterocycles. The number of nitrogens with zero attached hydrogens (tertiary/aromatic N) is 2. The van der Waals surface area contributed by atoms with E-state index in [2.05, 4.69) is 36.2 Å². The van der Waals surface area contributed by atoms with E-state index in [4.69, 9.17) is 5.26 Å². The van der Waals surface area contributed by atoms with Crippen molar-refractivity contribution in [1.29, 1.82) is 5.26 Å². The molecule has 0 amide bonds. The average Bonchev–Trinajstić information content (AvgIpc) is 2.53. The minimum absolute atomic E-state index is 0.369. The van der Waals surface area contributed by atoms with Gasteiger partial charge in [-0.25, -0.2) is 0 Å². The van der Waals surface area contributed by atoms with E-state index in [0.29, 0.717) is 12.1 Å². The number of piperidine rings is 1. The van der Waals surface area contributed by atoms with Gasteiger partial charge in [-0.3, -0.25) is 4.90 Å². The SMILES string of the molecule is CCCN(C1CCCNC1)C(C)c1cccc(C#N)c1. The van der Waals surface area contributed by atoms with Crippen LogP contribution in [-0.2, 0) is 0 Å². The molecule has 1 aliphatic rings. The zero-order chi connectivity index (χ0) is 14.4. The summed E-state index contributed by atoms with van der Waals surface area (Å²) < 4.78 is 0. The third-order valence-electron chi connectivity index (χ3n) is 4.22. The number of nitrogens with one attached hydrogen (secondary N) is 1. The summed E-state index contributed by atoms with van der Waals surface area (Å²) in [6, 6.07) is 11.3. The average molecular weight is 271 g/mol. The molecule has 2 atom stereocenters. The molecule has 1 saturated heterocycles. The molecule has 0 saturated carbocycles. The standard InChI is InChI=1S/C17H25N3/c1-3-10-20(17-8-5-9-19-13-17)14(2)16-7-4-6-15(11-16)12-18/h4,6-7,11,14,17,19H,3,5,8-10,13H2,1-2H3. The van der Waals surface area contributed by atoms with Gasteiger partial charge in [0, 0.05) is 18.6 Å². The maximum atomic E-state index is 9.06. The van der Waals surface area contributed by atoms with Crippen molar-refractivity contribution in [2.75, 3.05) is 19.6 Å². The van der Waals surface area contributed by atoms with E-state index in [1.807, 2.05) is 18.2 Å². The molecule has 1 heterocycles. The van der Waals surface area contributed by atoms with Crippen LogP contribution in [0.15, 0.2) is 24.3 Å². The molecule has 1 N–H and O–H groups in total. The second-order valence-corrected chi connectivity index (χ2v) is 5.65. The molecule has 0 aliphatic carbocycles. The summed E-state index contributed by atoms with van der Waals surface area (Å²) in [6.45, 7) is 7.85. The number of hydrogen-bond donors (Lipinski definition) is 1. The van der Waals surface area contributed by atoms with Crippen LogP contribution in [0, 0.1) is 11.3 Å². The van der Waals surface area contributed by atoms with Crippen LogP contribution >= 0.6 is 0 Å². The van der Waals surface area contributed by atoms with Gasteiger partial charge in [0.05, 0.1) is 11.6 Å². The normalized spacial score (nSPS) is 20.6. The summed E-state index contributed by atoms with van der Waals surface area (Å²) in [5.74, 6) is 0. The van der Waals surface area contributed by atoms with Crippen molar-refractivity contribution >= 4 is 0 Å². The van der Waals surface area contributed by atoms with Gasteiger partial charge in [0.15, 0.2) is 0 Å². The van der Waals surface area contributed by atoms with Crippen LogP contribution < -0.4 is 5.32 Å². The van der Waals surface area contributed by atoms with E-state index in [1.54, 1.807) is 0 Å². The summed E-state index contributed by atoms with van der Waals surface area (Å²) in [4.78, 5) is 2.60. The quantitative estimate of drug-likeness (QED) is 0.894. The molecular weight excluding hydrogens is 246 g/mol. The molecule has 1 fully saturated rings. The predicted octanol–water partition coefficient (Wildman–Crippen LogP) is 3.08. The minimum Gasteiger partial charge on any atom is -0.315 e. The summed E-state index contributed by atoms with van der Waals surface area (Å²) in [6.07, 6.45) is 3.70. The van der Waals surface area contributed by atoms with Crippen molar-refractivity contribution in [2.24, 2.45) is 0 Å². The Labute approximate surface area is 122 Å². The molecule has 20 heavy (non-hydrogen) atoms. The highest BCUT2D eigenvalue weighted by atomic mass is 15.2. The molecule has 0 radical (unpaired) electrons. The van der Waals surface area contributed by atoms with Crippen LogP contribution in [0.5, 0.6) is 0 Å². The number of benzene rings is 1. The lowest BCUT2D eigenvalue weighted by Gasteiger charge is -2.39. The summed E-state index contributed by atoms with van der Waals surface area (Å²) in [5, 5.41) is 12.6. The Morgan fingerprint density at radius 2 is 2.35 bits per heavy atom. The zero-order valence-corrected chi connectivity index (χ0v) is 12.6. The van der Waals surface area contributed by atoms with Crippen molar-refractivity contribution in [3.8, 4) is 6.07 Å². The minimum atomic E-state index is 0.369. The Bertz CT molecular complexity index is 458. The Morgan fingerprint density at radius 3 is 3.00 bits per heavy atom. The molecule has 3 nitrogen and oxygen atoms in total. The van der Waals surface area contributed by atoms with Crippen molar-refractivity contribution < 1.29 is 0 Å². The molecular formula is C17H25N3. The third-order valence-corrected chi connectivity index (χ3v) is 4.22. The fraction of sp³-hybridized carbons (Fsp3) is 0.588. The molecule has 1 aromatic rings. The van der Waals surface area contributed by atoms with Crippen LogP contribution in [-0.4, -0.2) is 30.6 Å². The third kappa shape index (κ3) is 3.59. The molecule has 3 heteroatoms. The maximum absolute atomic E-state index is 9.06. The largest absolute Gasteiger partial charge is 0.315 e. The van der Waals surface area contributed by atoms with Crippen molar-refractivity contribution in [3.63, 3.8) is 0 Å². The van der Waals surface area contributed by atoms with E-state index >= 15 is 0 Å². The second-order valence-electron chi connectivity index (χ2n) is 5.65. The van der Waals surface area contributed by atoms with Gasteiger partial charge >= 0.3 is 0 Å². The lowest BCUT2D eigenvalue weighted by Crippen LogP contribution is -2.47. The Morgan fingerprint density at radius 1 is 1.50 bits per heavy atom. The monoisotopic (exact) mass is 271 g/mol. The highest BCUT2D eigenvalue weighted by molar-refractivity contribution is 5.34. The summed E-state index contributed by atoms with van der Waals surface area (Å²) in [7, 11) is 0. The second kappa shape index (κ2) is 7.42. The van der Waals surface area contributed by atoms with Gasteiger partial charge in [-0.15, -0.1) is 0 Å². The zero-order valence-electron chi connectivity index (χ0n) is 12.6. The first-order valence-corrected chi connectivity index (χ1v) is 7.72.